The second kappa shape index (κ2) is 5.15. The van der Waals surface area contributed by atoms with E-state index in [0.717, 1.165) is 18.7 Å². The molecule has 1 aromatic rings. The first kappa shape index (κ1) is 11.2. The normalized spacial score (nSPS) is 13.5. The lowest BCUT2D eigenvalue weighted by molar-refractivity contribution is 0.432. The SMILES string of the molecule is CCNC(CC(C)C)c1cn(C)cn1. The van der Waals surface area contributed by atoms with Gasteiger partial charge in [-0.05, 0) is 18.9 Å². The maximum atomic E-state index is 4.39. The van der Waals surface area contributed by atoms with Gasteiger partial charge >= 0.3 is 0 Å². The monoisotopic (exact) mass is 195 g/mol. The summed E-state index contributed by atoms with van der Waals surface area (Å²) in [5, 5.41) is 3.47. The molecule has 0 radical (unpaired) electrons. The Morgan fingerprint density at radius 3 is 2.64 bits per heavy atom. The van der Waals surface area contributed by atoms with E-state index in [9.17, 15) is 0 Å². The van der Waals surface area contributed by atoms with Crippen LogP contribution in [0, 0.1) is 5.92 Å². The zero-order valence-electron chi connectivity index (χ0n) is 9.62. The van der Waals surface area contributed by atoms with Crippen LogP contribution in [0.2, 0.25) is 0 Å². The fraction of sp³-hybridized carbons (Fsp3) is 0.727. The van der Waals surface area contributed by atoms with Gasteiger partial charge in [0.2, 0.25) is 0 Å². The third kappa shape index (κ3) is 3.14. The van der Waals surface area contributed by atoms with Crippen LogP contribution in [0.4, 0.5) is 0 Å². The number of nitrogens with one attached hydrogen (secondary N) is 1. The summed E-state index contributed by atoms with van der Waals surface area (Å²) in [6.45, 7) is 7.62. The van der Waals surface area contributed by atoms with Crippen LogP contribution >= 0.6 is 0 Å². The topological polar surface area (TPSA) is 29.9 Å². The number of nitrogens with zero attached hydrogens (tertiary/aromatic N) is 2. The zero-order chi connectivity index (χ0) is 10.6. The molecule has 1 atom stereocenters. The Kier molecular flexibility index (Phi) is 4.14. The molecule has 0 aromatic carbocycles. The molecule has 1 N–H and O–H groups in total. The molecule has 0 aliphatic carbocycles. The third-order valence-electron chi connectivity index (χ3n) is 2.24. The van der Waals surface area contributed by atoms with Crippen molar-refractivity contribution in [3.05, 3.63) is 18.2 Å². The van der Waals surface area contributed by atoms with Crippen LogP contribution < -0.4 is 5.32 Å². The molecule has 0 fully saturated rings. The number of hydrogen-bond acceptors (Lipinski definition) is 2. The van der Waals surface area contributed by atoms with Gasteiger partial charge in [0.05, 0.1) is 18.1 Å². The van der Waals surface area contributed by atoms with Crippen molar-refractivity contribution in [2.45, 2.75) is 33.2 Å². The molecule has 0 aliphatic rings. The van der Waals surface area contributed by atoms with Gasteiger partial charge in [-0.3, -0.25) is 0 Å². The molecule has 1 heterocycles. The molecule has 80 valence electrons. The second-order valence-electron chi connectivity index (χ2n) is 4.20. The summed E-state index contributed by atoms with van der Waals surface area (Å²) in [5.41, 5.74) is 1.16. The highest BCUT2D eigenvalue weighted by molar-refractivity contribution is 5.03. The van der Waals surface area contributed by atoms with E-state index in [0.29, 0.717) is 12.0 Å². The van der Waals surface area contributed by atoms with Crippen LogP contribution in [0.3, 0.4) is 0 Å². The predicted octanol–water partition coefficient (Wildman–Crippen LogP) is 2.12. The summed E-state index contributed by atoms with van der Waals surface area (Å²) in [4.78, 5) is 4.39. The highest BCUT2D eigenvalue weighted by Gasteiger charge is 2.13. The first-order chi connectivity index (χ1) is 6.63. The van der Waals surface area contributed by atoms with Gasteiger partial charge in [0.1, 0.15) is 0 Å². The average molecular weight is 195 g/mol. The Hall–Kier alpha value is -0.830. The molecule has 1 rings (SSSR count). The molecule has 0 aliphatic heterocycles. The predicted molar refractivity (Wildman–Crippen MR) is 59.1 cm³/mol. The first-order valence-electron chi connectivity index (χ1n) is 5.34. The summed E-state index contributed by atoms with van der Waals surface area (Å²) < 4.78 is 2.00. The minimum atomic E-state index is 0.404. The average Bonchev–Trinajstić information content (AvgIpc) is 2.50. The lowest BCUT2D eigenvalue weighted by Gasteiger charge is -2.17. The minimum absolute atomic E-state index is 0.404. The summed E-state index contributed by atoms with van der Waals surface area (Å²) >= 11 is 0. The van der Waals surface area contributed by atoms with Crippen molar-refractivity contribution in [1.82, 2.24) is 14.9 Å². The number of aryl methyl sites for hydroxylation is 1. The van der Waals surface area contributed by atoms with Gasteiger partial charge < -0.3 is 9.88 Å². The Morgan fingerprint density at radius 1 is 1.50 bits per heavy atom. The molecule has 14 heavy (non-hydrogen) atoms. The van der Waals surface area contributed by atoms with E-state index in [1.165, 1.54) is 0 Å². The summed E-state index contributed by atoms with van der Waals surface area (Å²) in [7, 11) is 2.01. The van der Waals surface area contributed by atoms with Crippen molar-refractivity contribution in [2.75, 3.05) is 6.54 Å². The van der Waals surface area contributed by atoms with E-state index in [1.54, 1.807) is 0 Å². The molecule has 0 amide bonds. The van der Waals surface area contributed by atoms with E-state index >= 15 is 0 Å². The highest BCUT2D eigenvalue weighted by Crippen LogP contribution is 2.18. The second-order valence-corrected chi connectivity index (χ2v) is 4.20. The largest absolute Gasteiger partial charge is 0.340 e. The Bertz CT molecular complexity index is 265. The number of rotatable bonds is 5. The van der Waals surface area contributed by atoms with Crippen molar-refractivity contribution < 1.29 is 0 Å². The fourth-order valence-corrected chi connectivity index (χ4v) is 1.64. The van der Waals surface area contributed by atoms with E-state index in [2.05, 4.69) is 37.3 Å². The van der Waals surface area contributed by atoms with E-state index in [4.69, 9.17) is 0 Å². The van der Waals surface area contributed by atoms with Crippen molar-refractivity contribution in [3.8, 4) is 0 Å². The lowest BCUT2D eigenvalue weighted by atomic mass is 10.0. The van der Waals surface area contributed by atoms with Gasteiger partial charge in [0.15, 0.2) is 0 Å². The molecule has 0 spiro atoms. The van der Waals surface area contributed by atoms with Gasteiger partial charge in [-0.1, -0.05) is 20.8 Å². The van der Waals surface area contributed by atoms with Gasteiger partial charge in [0, 0.05) is 13.2 Å². The Balaban J connectivity index is 2.66. The molecule has 1 aromatic heterocycles. The van der Waals surface area contributed by atoms with Crippen LogP contribution in [0.15, 0.2) is 12.5 Å². The van der Waals surface area contributed by atoms with Crippen LogP contribution in [-0.4, -0.2) is 16.1 Å². The van der Waals surface area contributed by atoms with Crippen LogP contribution in [0.25, 0.3) is 0 Å². The number of aromatic nitrogens is 2. The van der Waals surface area contributed by atoms with Crippen LogP contribution in [-0.2, 0) is 7.05 Å². The van der Waals surface area contributed by atoms with E-state index in [1.807, 2.05) is 17.9 Å². The van der Waals surface area contributed by atoms with Crippen LogP contribution in [0.5, 0.6) is 0 Å². The number of imidazole rings is 1. The zero-order valence-corrected chi connectivity index (χ0v) is 9.62. The van der Waals surface area contributed by atoms with Crippen molar-refractivity contribution in [3.63, 3.8) is 0 Å². The standard InChI is InChI=1S/C11H21N3/c1-5-12-10(6-9(2)3)11-7-14(4)8-13-11/h7-10,12H,5-6H2,1-4H3. The van der Waals surface area contributed by atoms with E-state index in [-0.39, 0.29) is 0 Å². The molecule has 0 saturated carbocycles. The van der Waals surface area contributed by atoms with Gasteiger partial charge in [-0.25, -0.2) is 4.98 Å². The molecular weight excluding hydrogens is 174 g/mol. The minimum Gasteiger partial charge on any atom is -0.340 e. The molecule has 3 nitrogen and oxygen atoms in total. The van der Waals surface area contributed by atoms with Gasteiger partial charge in [0.25, 0.3) is 0 Å². The summed E-state index contributed by atoms with van der Waals surface area (Å²) in [6.07, 6.45) is 5.10. The van der Waals surface area contributed by atoms with Crippen molar-refractivity contribution >= 4 is 0 Å². The summed E-state index contributed by atoms with van der Waals surface area (Å²) in [6, 6.07) is 0.404. The van der Waals surface area contributed by atoms with E-state index < -0.39 is 0 Å². The summed E-state index contributed by atoms with van der Waals surface area (Å²) in [5.74, 6) is 0.695. The first-order valence-corrected chi connectivity index (χ1v) is 5.34. The van der Waals surface area contributed by atoms with Crippen LogP contribution in [0.1, 0.15) is 38.9 Å². The van der Waals surface area contributed by atoms with Crippen molar-refractivity contribution in [1.29, 1.82) is 0 Å². The highest BCUT2D eigenvalue weighted by atomic mass is 15.0. The van der Waals surface area contributed by atoms with Gasteiger partial charge in [-0.15, -0.1) is 0 Å². The molecular formula is C11H21N3. The quantitative estimate of drug-likeness (QED) is 0.780. The molecule has 0 bridgehead atoms. The van der Waals surface area contributed by atoms with Crippen molar-refractivity contribution in [2.24, 2.45) is 13.0 Å². The maximum Gasteiger partial charge on any atom is 0.0947 e. The Labute approximate surface area is 86.5 Å². The number of hydrogen-bond donors (Lipinski definition) is 1. The van der Waals surface area contributed by atoms with Gasteiger partial charge in [-0.2, -0.15) is 0 Å². The third-order valence-corrected chi connectivity index (χ3v) is 2.24. The smallest absolute Gasteiger partial charge is 0.0947 e. The lowest BCUT2D eigenvalue weighted by Crippen LogP contribution is -2.22. The molecule has 1 unspecified atom stereocenters. The molecule has 0 saturated heterocycles. The fourth-order valence-electron chi connectivity index (χ4n) is 1.64. The molecule has 3 heteroatoms. The maximum absolute atomic E-state index is 4.39. The Morgan fingerprint density at radius 2 is 2.21 bits per heavy atom.